The van der Waals surface area contributed by atoms with Crippen molar-refractivity contribution in [1.29, 1.82) is 0 Å². The molecule has 0 unspecified atom stereocenters. The van der Waals surface area contributed by atoms with Gasteiger partial charge in [0.25, 0.3) is 0 Å². The summed E-state index contributed by atoms with van der Waals surface area (Å²) in [7, 11) is 7.81. The van der Waals surface area contributed by atoms with E-state index in [0.717, 1.165) is 0 Å². The normalized spacial score (nSPS) is 11.6. The second kappa shape index (κ2) is 8.60. The summed E-state index contributed by atoms with van der Waals surface area (Å²) in [5, 5.41) is 0. The number of hydrogen-bond donors (Lipinski definition) is 0. The van der Waals surface area contributed by atoms with Crippen LogP contribution in [0.25, 0.3) is 0 Å². The zero-order valence-electron chi connectivity index (χ0n) is 16.6. The third-order valence-corrected chi connectivity index (χ3v) is 3.18. The number of benzene rings is 1. The van der Waals surface area contributed by atoms with Crippen LogP contribution in [0.5, 0.6) is 17.2 Å². The van der Waals surface area contributed by atoms with Gasteiger partial charge in [-0.3, -0.25) is 4.79 Å². The summed E-state index contributed by atoms with van der Waals surface area (Å²) < 4.78 is 21.2. The van der Waals surface area contributed by atoms with Crippen LogP contribution in [-0.4, -0.2) is 57.7 Å². The first-order chi connectivity index (χ1) is 12.0. The van der Waals surface area contributed by atoms with Gasteiger partial charge in [0, 0.05) is 25.9 Å². The summed E-state index contributed by atoms with van der Waals surface area (Å²) in [6, 6.07) is 3.00. The maximum Gasteiger partial charge on any atom is 0.344 e. The summed E-state index contributed by atoms with van der Waals surface area (Å²) in [5.74, 6) is -0.203. The van der Waals surface area contributed by atoms with Crippen molar-refractivity contribution in [1.82, 2.24) is 4.90 Å². The zero-order chi connectivity index (χ0) is 20.1. The van der Waals surface area contributed by atoms with Gasteiger partial charge >= 0.3 is 5.97 Å². The Morgan fingerprint density at radius 2 is 1.46 bits per heavy atom. The van der Waals surface area contributed by atoms with Crippen LogP contribution in [0.15, 0.2) is 23.9 Å². The minimum absolute atomic E-state index is 0.0980. The molecule has 0 aliphatic carbocycles. The first-order valence-corrected chi connectivity index (χ1v) is 8.00. The molecule has 1 aromatic carbocycles. The molecule has 0 bridgehead atoms. The van der Waals surface area contributed by atoms with Crippen molar-refractivity contribution in [2.45, 2.75) is 26.4 Å². The number of esters is 1. The van der Waals surface area contributed by atoms with E-state index in [1.807, 2.05) is 0 Å². The van der Waals surface area contributed by atoms with Gasteiger partial charge in [-0.25, -0.2) is 4.79 Å². The van der Waals surface area contributed by atoms with Crippen molar-refractivity contribution < 1.29 is 28.5 Å². The average Bonchev–Trinajstić information content (AvgIpc) is 2.55. The minimum atomic E-state index is -0.724. The van der Waals surface area contributed by atoms with Gasteiger partial charge in [0.05, 0.1) is 21.3 Å². The molecule has 1 rings (SSSR count). The number of hydrogen-bond acceptors (Lipinski definition) is 7. The van der Waals surface area contributed by atoms with Gasteiger partial charge in [0.2, 0.25) is 11.5 Å². The largest absolute Gasteiger partial charge is 0.493 e. The van der Waals surface area contributed by atoms with Gasteiger partial charge in [0.15, 0.2) is 11.5 Å². The monoisotopic (exact) mass is 365 g/mol. The lowest BCUT2D eigenvalue weighted by atomic mass is 10.0. The number of rotatable bonds is 7. The molecule has 26 heavy (non-hydrogen) atoms. The van der Waals surface area contributed by atoms with Crippen molar-refractivity contribution in [2.75, 3.05) is 35.4 Å². The molecule has 0 atom stereocenters. The molecule has 144 valence electrons. The highest BCUT2D eigenvalue weighted by Gasteiger charge is 2.28. The number of nitrogens with zero attached hydrogens (tertiary/aromatic N) is 1. The fourth-order valence-electron chi connectivity index (χ4n) is 2.16. The SMILES string of the molecule is COc1cc(C(=O)/C(=C\N(C)C)C(=O)OC(C)(C)C)cc(OC)c1OC. The number of Topliss-reactive ketones (excluding diaryl/α,β-unsaturated/α-hetero) is 1. The average molecular weight is 365 g/mol. The standard InChI is InChI=1S/C19H27NO6/c1-19(2,3)26-18(22)13(11-20(4)5)16(21)12-9-14(23-6)17(25-8)15(10-12)24-7/h9-11H,1-8H3/b13-11+. The topological polar surface area (TPSA) is 74.3 Å². The fourth-order valence-corrected chi connectivity index (χ4v) is 2.16. The van der Waals surface area contributed by atoms with Crippen LogP contribution in [0.3, 0.4) is 0 Å². The number of methoxy groups -OCH3 is 3. The quantitative estimate of drug-likeness (QED) is 0.242. The number of carbonyl (C=O) groups is 2. The van der Waals surface area contributed by atoms with Crippen molar-refractivity contribution in [3.63, 3.8) is 0 Å². The summed E-state index contributed by atoms with van der Waals surface area (Å²) >= 11 is 0. The van der Waals surface area contributed by atoms with Gasteiger partial charge in [-0.15, -0.1) is 0 Å². The lowest BCUT2D eigenvalue weighted by Crippen LogP contribution is -2.28. The van der Waals surface area contributed by atoms with Crippen LogP contribution in [0.1, 0.15) is 31.1 Å². The molecule has 0 heterocycles. The molecule has 7 heteroatoms. The van der Waals surface area contributed by atoms with Crippen LogP contribution in [-0.2, 0) is 9.53 Å². The van der Waals surface area contributed by atoms with Gasteiger partial charge in [-0.1, -0.05) is 0 Å². The summed E-state index contributed by atoms with van der Waals surface area (Å²) in [5.41, 5.74) is -0.601. The smallest absolute Gasteiger partial charge is 0.344 e. The molecule has 0 aromatic heterocycles. The van der Waals surface area contributed by atoms with E-state index in [4.69, 9.17) is 18.9 Å². The van der Waals surface area contributed by atoms with Gasteiger partial charge in [-0.2, -0.15) is 0 Å². The molecule has 7 nitrogen and oxygen atoms in total. The zero-order valence-corrected chi connectivity index (χ0v) is 16.6. The second-order valence-electron chi connectivity index (χ2n) is 6.75. The van der Waals surface area contributed by atoms with Crippen LogP contribution < -0.4 is 14.2 Å². The first-order valence-electron chi connectivity index (χ1n) is 8.00. The van der Waals surface area contributed by atoms with Crippen LogP contribution >= 0.6 is 0 Å². The molecule has 0 aliphatic heterocycles. The first kappa shape index (κ1) is 21.3. The molecular weight excluding hydrogens is 338 g/mol. The molecule has 0 amide bonds. The Labute approximate surface area is 154 Å². The highest BCUT2D eigenvalue weighted by atomic mass is 16.6. The molecule has 0 saturated heterocycles. The van der Waals surface area contributed by atoms with E-state index in [0.29, 0.717) is 17.2 Å². The van der Waals surface area contributed by atoms with Crippen LogP contribution in [0.4, 0.5) is 0 Å². The minimum Gasteiger partial charge on any atom is -0.493 e. The summed E-state index contributed by atoms with van der Waals surface area (Å²) in [6.45, 7) is 5.21. The third kappa shape index (κ3) is 5.40. The molecule has 0 fully saturated rings. The Kier molecular flexibility index (Phi) is 7.06. The van der Waals surface area contributed by atoms with Gasteiger partial charge < -0.3 is 23.8 Å². The van der Waals surface area contributed by atoms with Crippen molar-refractivity contribution in [3.05, 3.63) is 29.5 Å². The van der Waals surface area contributed by atoms with Crippen LogP contribution in [0, 0.1) is 0 Å². The van der Waals surface area contributed by atoms with E-state index < -0.39 is 17.4 Å². The van der Waals surface area contributed by atoms with Crippen molar-refractivity contribution >= 4 is 11.8 Å². The van der Waals surface area contributed by atoms with E-state index in [2.05, 4.69) is 0 Å². The van der Waals surface area contributed by atoms with E-state index in [1.165, 1.54) is 39.7 Å². The Bertz CT molecular complexity index is 675. The van der Waals surface area contributed by atoms with E-state index >= 15 is 0 Å². The van der Waals surface area contributed by atoms with E-state index in [-0.39, 0.29) is 11.1 Å². The van der Waals surface area contributed by atoms with E-state index in [1.54, 1.807) is 39.8 Å². The summed E-state index contributed by atoms with van der Waals surface area (Å²) in [6.07, 6.45) is 1.43. The van der Waals surface area contributed by atoms with Crippen molar-refractivity contribution in [3.8, 4) is 17.2 Å². The van der Waals surface area contributed by atoms with Crippen molar-refractivity contribution in [2.24, 2.45) is 0 Å². The third-order valence-electron chi connectivity index (χ3n) is 3.18. The maximum absolute atomic E-state index is 13.0. The lowest BCUT2D eigenvalue weighted by molar-refractivity contribution is -0.149. The Morgan fingerprint density at radius 3 is 1.81 bits per heavy atom. The van der Waals surface area contributed by atoms with Gasteiger partial charge in [0.1, 0.15) is 11.2 Å². The predicted octanol–water partition coefficient (Wildman–Crippen LogP) is 2.68. The second-order valence-corrected chi connectivity index (χ2v) is 6.75. The number of ketones is 1. The molecular formula is C19H27NO6. The van der Waals surface area contributed by atoms with E-state index in [9.17, 15) is 9.59 Å². The maximum atomic E-state index is 13.0. The fraction of sp³-hybridized carbons (Fsp3) is 0.474. The molecule has 0 N–H and O–H groups in total. The molecule has 0 spiro atoms. The summed E-state index contributed by atoms with van der Waals surface area (Å²) in [4.78, 5) is 27.1. The Balaban J connectivity index is 3.42. The Hall–Kier alpha value is -2.70. The van der Waals surface area contributed by atoms with Gasteiger partial charge in [-0.05, 0) is 32.9 Å². The van der Waals surface area contributed by atoms with Crippen LogP contribution in [0.2, 0.25) is 0 Å². The molecule has 0 aliphatic rings. The molecule has 0 radical (unpaired) electrons. The lowest BCUT2D eigenvalue weighted by Gasteiger charge is -2.21. The molecule has 0 saturated carbocycles. The predicted molar refractivity (Wildman–Crippen MR) is 98.0 cm³/mol. The highest BCUT2D eigenvalue weighted by molar-refractivity contribution is 6.24. The highest BCUT2D eigenvalue weighted by Crippen LogP contribution is 2.38. The molecule has 1 aromatic rings. The number of ether oxygens (including phenoxy) is 4. The number of carbonyl (C=O) groups excluding carboxylic acids is 2. The Morgan fingerprint density at radius 1 is 0.962 bits per heavy atom.